The highest BCUT2D eigenvalue weighted by Crippen LogP contribution is 2.15. The number of anilines is 1. The predicted octanol–water partition coefficient (Wildman–Crippen LogP) is 2.07. The van der Waals surface area contributed by atoms with Crippen molar-refractivity contribution in [1.29, 1.82) is 5.26 Å². The summed E-state index contributed by atoms with van der Waals surface area (Å²) in [6.45, 7) is 5.93. The van der Waals surface area contributed by atoms with Crippen molar-refractivity contribution >= 4 is 23.2 Å². The van der Waals surface area contributed by atoms with Gasteiger partial charge in [0.1, 0.15) is 11.9 Å². The first-order valence-corrected chi connectivity index (χ1v) is 8.51. The van der Waals surface area contributed by atoms with Crippen molar-refractivity contribution < 1.29 is 4.79 Å². The van der Waals surface area contributed by atoms with E-state index in [-0.39, 0.29) is 6.03 Å². The summed E-state index contributed by atoms with van der Waals surface area (Å²) < 4.78 is 0. The van der Waals surface area contributed by atoms with E-state index in [0.29, 0.717) is 24.5 Å². The summed E-state index contributed by atoms with van der Waals surface area (Å²) in [4.78, 5) is 26.0. The topological polar surface area (TPSA) is 85.2 Å². The van der Waals surface area contributed by atoms with Crippen molar-refractivity contribution in [3.63, 3.8) is 0 Å². The average Bonchev–Trinajstić information content (AvgIpc) is 3.01. The summed E-state index contributed by atoms with van der Waals surface area (Å²) in [6, 6.07) is 5.12. The zero-order valence-electron chi connectivity index (χ0n) is 13.4. The van der Waals surface area contributed by atoms with Gasteiger partial charge in [-0.2, -0.15) is 5.26 Å². The van der Waals surface area contributed by atoms with Gasteiger partial charge in [0.2, 0.25) is 0 Å². The molecule has 1 N–H and O–H groups in total. The van der Waals surface area contributed by atoms with Gasteiger partial charge in [-0.05, 0) is 19.1 Å². The Morgan fingerprint density at radius 2 is 2.08 bits per heavy atom. The molecular formula is C16H18N6OS. The number of amides is 2. The van der Waals surface area contributed by atoms with Gasteiger partial charge in [0.25, 0.3) is 0 Å². The van der Waals surface area contributed by atoms with Crippen molar-refractivity contribution in [3.05, 3.63) is 40.0 Å². The van der Waals surface area contributed by atoms with Crippen molar-refractivity contribution in [2.24, 2.45) is 0 Å². The lowest BCUT2D eigenvalue weighted by Crippen LogP contribution is -2.49. The van der Waals surface area contributed by atoms with Crippen molar-refractivity contribution in [1.82, 2.24) is 19.8 Å². The average molecular weight is 342 g/mol. The smallest absolute Gasteiger partial charge is 0.322 e. The van der Waals surface area contributed by atoms with Gasteiger partial charge in [-0.25, -0.2) is 14.8 Å². The van der Waals surface area contributed by atoms with Crippen LogP contribution in [0.25, 0.3) is 0 Å². The largest absolute Gasteiger partial charge is 0.323 e. The van der Waals surface area contributed by atoms with Crippen LogP contribution in [0.2, 0.25) is 0 Å². The van der Waals surface area contributed by atoms with Crippen LogP contribution in [0.5, 0.6) is 0 Å². The van der Waals surface area contributed by atoms with Crippen LogP contribution in [0.3, 0.4) is 0 Å². The normalized spacial score (nSPS) is 15.1. The van der Waals surface area contributed by atoms with Gasteiger partial charge in [-0.15, -0.1) is 11.3 Å². The monoisotopic (exact) mass is 342 g/mol. The Labute approximate surface area is 144 Å². The first-order chi connectivity index (χ1) is 11.6. The van der Waals surface area contributed by atoms with Gasteiger partial charge in [0, 0.05) is 50.0 Å². The number of carbonyl (C=O) groups excluding carboxylic acids is 1. The summed E-state index contributed by atoms with van der Waals surface area (Å²) in [7, 11) is 0. The highest BCUT2D eigenvalue weighted by molar-refractivity contribution is 7.11. The number of hydrogen-bond donors (Lipinski definition) is 1. The highest BCUT2D eigenvalue weighted by Gasteiger charge is 2.21. The van der Waals surface area contributed by atoms with E-state index in [2.05, 4.69) is 20.2 Å². The molecular weight excluding hydrogens is 324 g/mol. The van der Waals surface area contributed by atoms with Crippen LogP contribution in [0.15, 0.2) is 24.5 Å². The van der Waals surface area contributed by atoms with E-state index < -0.39 is 0 Å². The minimum Gasteiger partial charge on any atom is -0.322 e. The number of carbonyl (C=O) groups is 1. The number of urea groups is 1. The minimum absolute atomic E-state index is 0.152. The third-order valence-electron chi connectivity index (χ3n) is 3.84. The number of piperazine rings is 1. The number of thiazole rings is 1. The maximum absolute atomic E-state index is 12.3. The molecule has 0 aromatic carbocycles. The summed E-state index contributed by atoms with van der Waals surface area (Å²) >= 11 is 1.72. The zero-order chi connectivity index (χ0) is 16.9. The van der Waals surface area contributed by atoms with E-state index in [1.54, 1.807) is 28.4 Å². The maximum Gasteiger partial charge on any atom is 0.323 e. The Morgan fingerprint density at radius 3 is 2.67 bits per heavy atom. The first kappa shape index (κ1) is 16.4. The molecule has 7 nitrogen and oxygen atoms in total. The van der Waals surface area contributed by atoms with E-state index in [9.17, 15) is 4.79 Å². The van der Waals surface area contributed by atoms with Crippen molar-refractivity contribution in [2.75, 3.05) is 31.5 Å². The Kier molecular flexibility index (Phi) is 5.03. The number of pyridine rings is 1. The van der Waals surface area contributed by atoms with E-state index in [4.69, 9.17) is 5.26 Å². The third kappa shape index (κ3) is 4.07. The molecule has 24 heavy (non-hydrogen) atoms. The summed E-state index contributed by atoms with van der Waals surface area (Å²) in [5, 5.41) is 12.6. The quantitative estimate of drug-likeness (QED) is 0.923. The number of nitriles is 1. The molecule has 1 saturated heterocycles. The van der Waals surface area contributed by atoms with Gasteiger partial charge in [-0.3, -0.25) is 10.2 Å². The molecule has 0 radical (unpaired) electrons. The molecule has 1 aliphatic heterocycles. The van der Waals surface area contributed by atoms with Gasteiger partial charge in [0.05, 0.1) is 10.6 Å². The number of nitrogens with one attached hydrogen (secondary N) is 1. The lowest BCUT2D eigenvalue weighted by Gasteiger charge is -2.34. The number of aromatic nitrogens is 2. The molecule has 124 valence electrons. The lowest BCUT2D eigenvalue weighted by atomic mass is 10.3. The Morgan fingerprint density at radius 1 is 1.29 bits per heavy atom. The van der Waals surface area contributed by atoms with E-state index in [0.717, 1.165) is 24.6 Å². The number of aryl methyl sites for hydroxylation is 1. The molecule has 0 aliphatic carbocycles. The van der Waals surface area contributed by atoms with Gasteiger partial charge in [-0.1, -0.05) is 0 Å². The maximum atomic E-state index is 12.3. The molecule has 3 heterocycles. The standard InChI is InChI=1S/C16H18N6OS/c1-12-18-10-14(24-12)11-21-4-6-22(7-5-21)16(23)20-15-3-2-13(8-17)9-19-15/h2-3,9-10H,4-7,11H2,1H3,(H,19,20,23). The summed E-state index contributed by atoms with van der Waals surface area (Å²) in [5.41, 5.74) is 0.472. The zero-order valence-corrected chi connectivity index (χ0v) is 14.2. The Bertz CT molecular complexity index is 743. The van der Waals surface area contributed by atoms with Crippen LogP contribution in [0.1, 0.15) is 15.4 Å². The van der Waals surface area contributed by atoms with Crippen molar-refractivity contribution in [2.45, 2.75) is 13.5 Å². The van der Waals surface area contributed by atoms with Crippen LogP contribution in [0, 0.1) is 18.3 Å². The van der Waals surface area contributed by atoms with Crippen LogP contribution in [-0.4, -0.2) is 52.0 Å². The molecule has 0 bridgehead atoms. The Hall–Kier alpha value is -2.50. The predicted molar refractivity (Wildman–Crippen MR) is 91.7 cm³/mol. The van der Waals surface area contributed by atoms with E-state index >= 15 is 0 Å². The molecule has 0 saturated carbocycles. The second kappa shape index (κ2) is 7.38. The van der Waals surface area contributed by atoms with Gasteiger partial charge >= 0.3 is 6.03 Å². The second-order valence-electron chi connectivity index (χ2n) is 5.58. The molecule has 1 fully saturated rings. The minimum atomic E-state index is -0.152. The number of rotatable bonds is 3. The van der Waals surface area contributed by atoms with Crippen LogP contribution in [0.4, 0.5) is 10.6 Å². The fourth-order valence-corrected chi connectivity index (χ4v) is 3.37. The summed E-state index contributed by atoms with van der Waals surface area (Å²) in [5.74, 6) is 0.460. The first-order valence-electron chi connectivity index (χ1n) is 7.70. The van der Waals surface area contributed by atoms with Gasteiger partial charge < -0.3 is 4.90 Å². The molecule has 2 aromatic rings. The summed E-state index contributed by atoms with van der Waals surface area (Å²) in [6.07, 6.45) is 3.38. The Balaban J connectivity index is 1.48. The third-order valence-corrected chi connectivity index (χ3v) is 4.73. The molecule has 0 atom stereocenters. The van der Waals surface area contributed by atoms with E-state index in [1.807, 2.05) is 19.2 Å². The van der Waals surface area contributed by atoms with Gasteiger partial charge in [0.15, 0.2) is 0 Å². The molecule has 2 aromatic heterocycles. The fourth-order valence-electron chi connectivity index (χ4n) is 2.53. The van der Waals surface area contributed by atoms with Crippen LogP contribution in [-0.2, 0) is 6.54 Å². The molecule has 8 heteroatoms. The van der Waals surface area contributed by atoms with Crippen LogP contribution < -0.4 is 5.32 Å². The highest BCUT2D eigenvalue weighted by atomic mass is 32.1. The van der Waals surface area contributed by atoms with Crippen molar-refractivity contribution in [3.8, 4) is 6.07 Å². The molecule has 1 aliphatic rings. The molecule has 3 rings (SSSR count). The fraction of sp³-hybridized carbons (Fsp3) is 0.375. The SMILES string of the molecule is Cc1ncc(CN2CCN(C(=O)Nc3ccc(C#N)cn3)CC2)s1. The lowest BCUT2D eigenvalue weighted by molar-refractivity contribution is 0.143. The van der Waals surface area contributed by atoms with E-state index in [1.165, 1.54) is 11.1 Å². The van der Waals surface area contributed by atoms with Crippen LogP contribution >= 0.6 is 11.3 Å². The molecule has 0 spiro atoms. The molecule has 2 amide bonds. The number of nitrogens with zero attached hydrogens (tertiary/aromatic N) is 5. The number of hydrogen-bond acceptors (Lipinski definition) is 6. The second-order valence-corrected chi connectivity index (χ2v) is 6.90. The molecule has 0 unspecified atom stereocenters.